The second-order valence-electron chi connectivity index (χ2n) is 3.61. The van der Waals surface area contributed by atoms with E-state index in [0.717, 1.165) is 23.7 Å². The van der Waals surface area contributed by atoms with Crippen molar-refractivity contribution in [2.24, 2.45) is 0 Å². The van der Waals surface area contributed by atoms with Gasteiger partial charge >= 0.3 is 0 Å². The van der Waals surface area contributed by atoms with Gasteiger partial charge in [-0.1, -0.05) is 46.3 Å². The second kappa shape index (κ2) is 5.10. The molecule has 2 rings (SSSR count). The van der Waals surface area contributed by atoms with Gasteiger partial charge in [0.2, 0.25) is 0 Å². The van der Waals surface area contributed by atoms with E-state index in [1.54, 1.807) is 0 Å². The lowest BCUT2D eigenvalue weighted by Gasteiger charge is -2.27. The van der Waals surface area contributed by atoms with Crippen molar-refractivity contribution in [3.05, 3.63) is 35.9 Å². The Hall–Kier alpha value is -0.380. The summed E-state index contributed by atoms with van der Waals surface area (Å²) in [6, 6.07) is 10.2. The molecule has 82 valence electrons. The minimum absolute atomic E-state index is 0.491. The van der Waals surface area contributed by atoms with Crippen molar-refractivity contribution in [3.63, 3.8) is 0 Å². The Labute approximate surface area is 98.7 Å². The topological polar surface area (TPSA) is 18.5 Å². The van der Waals surface area contributed by atoms with E-state index in [-0.39, 0.29) is 0 Å². The molecule has 1 aliphatic heterocycles. The van der Waals surface area contributed by atoms with Crippen molar-refractivity contribution >= 4 is 15.9 Å². The summed E-state index contributed by atoms with van der Waals surface area (Å²) in [5.41, 5.74) is 1.13. The number of rotatable bonds is 4. The average Bonchev–Trinajstić information content (AvgIpc) is 2.78. The minimum Gasteiger partial charge on any atom is -0.343 e. The van der Waals surface area contributed by atoms with Gasteiger partial charge in [0.25, 0.3) is 0 Å². The van der Waals surface area contributed by atoms with Crippen LogP contribution in [-0.2, 0) is 15.3 Å². The van der Waals surface area contributed by atoms with Crippen molar-refractivity contribution in [2.45, 2.75) is 18.6 Å². The zero-order chi connectivity index (χ0) is 10.6. The molecular weight excluding hydrogens is 256 g/mol. The first-order chi connectivity index (χ1) is 7.37. The van der Waals surface area contributed by atoms with Gasteiger partial charge in [-0.3, -0.25) is 0 Å². The lowest BCUT2D eigenvalue weighted by atomic mass is 10.0. The van der Waals surface area contributed by atoms with Gasteiger partial charge in [-0.2, -0.15) is 0 Å². The molecule has 1 fully saturated rings. The van der Waals surface area contributed by atoms with Gasteiger partial charge in [0.05, 0.1) is 13.2 Å². The maximum atomic E-state index is 5.79. The monoisotopic (exact) mass is 270 g/mol. The van der Waals surface area contributed by atoms with Crippen LogP contribution in [0.15, 0.2) is 30.3 Å². The third-order valence-corrected chi connectivity index (χ3v) is 3.17. The van der Waals surface area contributed by atoms with E-state index in [4.69, 9.17) is 9.47 Å². The van der Waals surface area contributed by atoms with Crippen LogP contribution >= 0.6 is 15.9 Å². The predicted molar refractivity (Wildman–Crippen MR) is 63.1 cm³/mol. The van der Waals surface area contributed by atoms with Crippen LogP contribution in [0.2, 0.25) is 0 Å². The van der Waals surface area contributed by atoms with Gasteiger partial charge in [-0.25, -0.2) is 0 Å². The first-order valence-corrected chi connectivity index (χ1v) is 6.39. The van der Waals surface area contributed by atoms with Gasteiger partial charge in [0.1, 0.15) is 0 Å². The van der Waals surface area contributed by atoms with E-state index < -0.39 is 5.79 Å². The highest BCUT2D eigenvalue weighted by molar-refractivity contribution is 9.09. The van der Waals surface area contributed by atoms with E-state index in [1.807, 2.05) is 18.2 Å². The van der Waals surface area contributed by atoms with Crippen molar-refractivity contribution in [2.75, 3.05) is 18.5 Å². The summed E-state index contributed by atoms with van der Waals surface area (Å²) in [5, 5.41) is 0.980. The Kier molecular flexibility index (Phi) is 3.78. The summed E-state index contributed by atoms with van der Waals surface area (Å²) in [5.74, 6) is -0.491. The lowest BCUT2D eigenvalue weighted by molar-refractivity contribution is -0.170. The number of ether oxygens (including phenoxy) is 2. The molecule has 2 nitrogen and oxygen atoms in total. The summed E-state index contributed by atoms with van der Waals surface area (Å²) < 4.78 is 11.6. The third-order valence-electron chi connectivity index (χ3n) is 2.61. The van der Waals surface area contributed by atoms with Crippen LogP contribution in [0.4, 0.5) is 0 Å². The highest BCUT2D eigenvalue weighted by atomic mass is 79.9. The van der Waals surface area contributed by atoms with Crippen LogP contribution < -0.4 is 0 Å². The molecule has 0 spiro atoms. The fraction of sp³-hybridized carbons (Fsp3) is 0.500. The molecule has 0 aromatic heterocycles. The number of alkyl halides is 1. The molecule has 1 aromatic rings. The Morgan fingerprint density at radius 2 is 1.80 bits per heavy atom. The SMILES string of the molecule is BrCCCC1(c2ccccc2)OCCO1. The molecule has 0 radical (unpaired) electrons. The molecule has 3 heteroatoms. The Morgan fingerprint density at radius 1 is 1.13 bits per heavy atom. The maximum Gasteiger partial charge on any atom is 0.195 e. The van der Waals surface area contributed by atoms with Crippen molar-refractivity contribution in [1.29, 1.82) is 0 Å². The highest BCUT2D eigenvalue weighted by Crippen LogP contribution is 2.35. The quantitative estimate of drug-likeness (QED) is 0.783. The van der Waals surface area contributed by atoms with Crippen molar-refractivity contribution < 1.29 is 9.47 Å². The average molecular weight is 271 g/mol. The zero-order valence-corrected chi connectivity index (χ0v) is 10.2. The molecule has 1 aromatic carbocycles. The van der Waals surface area contributed by atoms with Crippen LogP contribution in [0.25, 0.3) is 0 Å². The van der Waals surface area contributed by atoms with Crippen LogP contribution in [0.1, 0.15) is 18.4 Å². The zero-order valence-electron chi connectivity index (χ0n) is 8.62. The largest absolute Gasteiger partial charge is 0.343 e. The molecule has 0 atom stereocenters. The fourth-order valence-corrected chi connectivity index (χ4v) is 2.18. The Balaban J connectivity index is 2.19. The van der Waals surface area contributed by atoms with Gasteiger partial charge in [0, 0.05) is 17.3 Å². The van der Waals surface area contributed by atoms with Crippen LogP contribution in [0.5, 0.6) is 0 Å². The Morgan fingerprint density at radius 3 is 2.40 bits per heavy atom. The summed E-state index contributed by atoms with van der Waals surface area (Å²) in [4.78, 5) is 0. The van der Waals surface area contributed by atoms with Gasteiger partial charge < -0.3 is 9.47 Å². The molecule has 0 saturated carbocycles. The van der Waals surface area contributed by atoms with Crippen LogP contribution in [0, 0.1) is 0 Å². The smallest absolute Gasteiger partial charge is 0.195 e. The standard InChI is InChI=1S/C12H15BrO2/c13-8-4-7-12(14-9-10-15-12)11-5-2-1-3-6-11/h1-3,5-6H,4,7-10H2. The van der Waals surface area contributed by atoms with E-state index >= 15 is 0 Å². The number of benzene rings is 1. The van der Waals surface area contributed by atoms with E-state index in [2.05, 4.69) is 28.1 Å². The van der Waals surface area contributed by atoms with Crippen LogP contribution in [0.3, 0.4) is 0 Å². The van der Waals surface area contributed by atoms with E-state index in [9.17, 15) is 0 Å². The molecule has 0 amide bonds. The molecule has 0 N–H and O–H groups in total. The molecule has 0 unspecified atom stereocenters. The predicted octanol–water partition coefficient (Wildman–Crippen LogP) is 3.06. The number of hydrogen-bond acceptors (Lipinski definition) is 2. The van der Waals surface area contributed by atoms with E-state index in [0.29, 0.717) is 13.2 Å². The highest BCUT2D eigenvalue weighted by Gasteiger charge is 2.37. The molecule has 1 saturated heterocycles. The Bertz CT molecular complexity index is 294. The van der Waals surface area contributed by atoms with Crippen molar-refractivity contribution in [1.82, 2.24) is 0 Å². The third kappa shape index (κ3) is 2.41. The molecule has 0 bridgehead atoms. The van der Waals surface area contributed by atoms with Gasteiger partial charge in [0.15, 0.2) is 5.79 Å². The molecule has 1 heterocycles. The fourth-order valence-electron chi connectivity index (χ4n) is 1.90. The summed E-state index contributed by atoms with van der Waals surface area (Å²) in [6.45, 7) is 1.38. The second-order valence-corrected chi connectivity index (χ2v) is 4.40. The van der Waals surface area contributed by atoms with Gasteiger partial charge in [-0.15, -0.1) is 0 Å². The normalized spacial score (nSPS) is 19.3. The maximum absolute atomic E-state index is 5.79. The molecule has 0 aliphatic carbocycles. The summed E-state index contributed by atoms with van der Waals surface area (Å²) in [6.07, 6.45) is 1.96. The molecular formula is C12H15BrO2. The summed E-state index contributed by atoms with van der Waals surface area (Å²) in [7, 11) is 0. The van der Waals surface area contributed by atoms with Crippen LogP contribution in [-0.4, -0.2) is 18.5 Å². The lowest BCUT2D eigenvalue weighted by Crippen LogP contribution is -2.27. The molecule has 15 heavy (non-hydrogen) atoms. The first-order valence-electron chi connectivity index (χ1n) is 5.27. The van der Waals surface area contributed by atoms with Gasteiger partial charge in [-0.05, 0) is 6.42 Å². The summed E-state index contributed by atoms with van der Waals surface area (Å²) >= 11 is 3.44. The number of halogens is 1. The molecule has 1 aliphatic rings. The van der Waals surface area contributed by atoms with Crippen molar-refractivity contribution in [3.8, 4) is 0 Å². The first kappa shape index (κ1) is 11.1. The van der Waals surface area contributed by atoms with E-state index in [1.165, 1.54) is 0 Å². The number of hydrogen-bond donors (Lipinski definition) is 0. The minimum atomic E-state index is -0.491.